The van der Waals surface area contributed by atoms with Gasteiger partial charge in [-0.1, -0.05) is 291 Å². The van der Waals surface area contributed by atoms with Crippen molar-refractivity contribution >= 4 is 15.7 Å². The zero-order valence-electron chi connectivity index (χ0n) is 56.8. The minimum atomic E-state index is -3.95. The first-order chi connectivity index (χ1) is 42.4. The number of nitrogens with zero attached hydrogens (tertiary/aromatic N) is 2. The number of hydrogen-bond donors (Lipinski definition) is 1. The van der Waals surface area contributed by atoms with Crippen LogP contribution in [0.3, 0.4) is 0 Å². The molecule has 0 aliphatic rings. The van der Waals surface area contributed by atoms with Gasteiger partial charge in [0.15, 0.2) is 4.90 Å². The standard InChI is InChI=1S/C42H70N2O4S.C36H67N/c1-3-5-7-9-11-13-15-17-19-21-23-25-27-29-31-35-39-43(49(47,48)42-38-34-33-37-41(42)44(45)46)40-36-32-30-28-26-24-22-20-18-16-14-12-10-8-6-4-2;1-3-5-7-9-11-13-15-17-19-21-23-25-27-29-31-33-35-37-36-34-32-30-28-26-24-22-20-18-16-14-12-10-8-6-4-2/h11-14,17-20,33-34,37-38H,3-10,15-16,21-32,35-36,39-40H2,1-2H3;11-14,17-20,37H,3-10,15-16,21-36H2,1-2H3/b2*13-11-,14-12-,19-17-,20-18-. The largest absolute Gasteiger partial charge is 0.317 e. The Labute approximate surface area is 534 Å². The van der Waals surface area contributed by atoms with Crippen LogP contribution in [0.4, 0.5) is 5.69 Å². The first-order valence-corrected chi connectivity index (χ1v) is 37.9. The molecule has 86 heavy (non-hydrogen) atoms. The summed E-state index contributed by atoms with van der Waals surface area (Å²) in [5.74, 6) is 0. The van der Waals surface area contributed by atoms with E-state index in [1.807, 2.05) is 0 Å². The van der Waals surface area contributed by atoms with E-state index in [0.717, 1.165) is 89.9 Å². The van der Waals surface area contributed by atoms with Gasteiger partial charge in [-0.25, -0.2) is 8.42 Å². The number of nitro benzene ring substituents is 1. The van der Waals surface area contributed by atoms with Gasteiger partial charge in [0.1, 0.15) is 0 Å². The number of allylic oxidation sites excluding steroid dienone is 16. The molecule has 1 aromatic carbocycles. The van der Waals surface area contributed by atoms with Gasteiger partial charge in [0.25, 0.3) is 5.69 Å². The maximum atomic E-state index is 13.6. The first kappa shape index (κ1) is 82.4. The number of sulfonamides is 1. The Balaban J connectivity index is 0.00000175. The summed E-state index contributed by atoms with van der Waals surface area (Å²) in [6.07, 6.45) is 96.1. The Morgan fingerprint density at radius 2 is 0.593 bits per heavy atom. The summed E-state index contributed by atoms with van der Waals surface area (Å²) in [6.45, 7) is 12.3. The minimum Gasteiger partial charge on any atom is -0.317 e. The SMILES string of the molecule is CCCCC/C=C\C/C=C\CCCCCCCCN(CCCCCCCC/C=C\C/C=C\CCCCC)S(=O)(=O)c1ccccc1[N+](=O)[O-].CCCCC/C=C\C/C=C\CCCCCCCCNCCCCCCCC/C=C\C/C=C\CCCCC. The second-order valence-corrected chi connectivity index (χ2v) is 26.1. The normalized spacial score (nSPS) is 12.5. The monoisotopic (exact) mass is 1210 g/mol. The molecule has 8 heteroatoms. The molecule has 0 heterocycles. The average Bonchev–Trinajstić information content (AvgIpc) is 1.69. The summed E-state index contributed by atoms with van der Waals surface area (Å²) in [5, 5.41) is 15.3. The molecule has 0 saturated heterocycles. The Hall–Kier alpha value is -3.59. The van der Waals surface area contributed by atoms with Crippen molar-refractivity contribution in [1.82, 2.24) is 9.62 Å². The van der Waals surface area contributed by atoms with Crippen LogP contribution in [-0.4, -0.2) is 43.8 Å². The van der Waals surface area contributed by atoms with E-state index in [0.29, 0.717) is 13.1 Å². The smallest absolute Gasteiger partial charge is 0.289 e. The lowest BCUT2D eigenvalue weighted by molar-refractivity contribution is -0.387. The number of benzene rings is 1. The van der Waals surface area contributed by atoms with Crippen LogP contribution in [0, 0.1) is 10.1 Å². The average molecular weight is 1210 g/mol. The van der Waals surface area contributed by atoms with E-state index in [1.54, 1.807) is 6.07 Å². The minimum absolute atomic E-state index is 0.194. The molecular formula is C78H137N3O4S. The molecule has 0 radical (unpaired) electrons. The van der Waals surface area contributed by atoms with Crippen LogP contribution in [-0.2, 0) is 10.0 Å². The van der Waals surface area contributed by atoms with Crippen molar-refractivity contribution in [1.29, 1.82) is 0 Å². The van der Waals surface area contributed by atoms with Crippen molar-refractivity contribution in [3.8, 4) is 0 Å². The van der Waals surface area contributed by atoms with Crippen LogP contribution in [0.25, 0.3) is 0 Å². The molecule has 0 aromatic heterocycles. The van der Waals surface area contributed by atoms with Crippen molar-refractivity contribution in [2.45, 2.75) is 341 Å². The molecule has 494 valence electrons. The van der Waals surface area contributed by atoms with Gasteiger partial charge in [-0.15, -0.1) is 0 Å². The summed E-state index contributed by atoms with van der Waals surface area (Å²) in [4.78, 5) is 10.8. The summed E-state index contributed by atoms with van der Waals surface area (Å²) in [5.41, 5.74) is -0.346. The van der Waals surface area contributed by atoms with Gasteiger partial charge in [-0.05, 0) is 173 Å². The van der Waals surface area contributed by atoms with E-state index in [4.69, 9.17) is 0 Å². The molecule has 7 nitrogen and oxygen atoms in total. The maximum absolute atomic E-state index is 13.6. The summed E-state index contributed by atoms with van der Waals surface area (Å²) in [6, 6.07) is 5.74. The topological polar surface area (TPSA) is 92.5 Å². The molecule has 0 bridgehead atoms. The second kappa shape index (κ2) is 68.9. The van der Waals surface area contributed by atoms with Crippen LogP contribution in [0.2, 0.25) is 0 Å². The van der Waals surface area contributed by atoms with Gasteiger partial charge in [0, 0.05) is 19.2 Å². The van der Waals surface area contributed by atoms with Gasteiger partial charge in [0.05, 0.1) is 4.92 Å². The quantitative estimate of drug-likeness (QED) is 0.0304. The summed E-state index contributed by atoms with van der Waals surface area (Å²) >= 11 is 0. The fourth-order valence-corrected chi connectivity index (χ4v) is 12.1. The van der Waals surface area contributed by atoms with Crippen molar-refractivity contribution in [3.05, 3.63) is 132 Å². The van der Waals surface area contributed by atoms with Crippen molar-refractivity contribution in [3.63, 3.8) is 0 Å². The number of unbranched alkanes of at least 4 members (excludes halogenated alkanes) is 36. The molecule has 0 saturated carbocycles. The lowest BCUT2D eigenvalue weighted by Gasteiger charge is -2.22. The molecule has 1 rings (SSSR count). The van der Waals surface area contributed by atoms with Gasteiger partial charge < -0.3 is 5.32 Å². The van der Waals surface area contributed by atoms with E-state index < -0.39 is 14.9 Å². The Morgan fingerprint density at radius 1 is 0.349 bits per heavy atom. The molecule has 1 N–H and O–H groups in total. The van der Waals surface area contributed by atoms with Crippen molar-refractivity contribution in [2.75, 3.05) is 26.2 Å². The van der Waals surface area contributed by atoms with Gasteiger partial charge >= 0.3 is 0 Å². The van der Waals surface area contributed by atoms with E-state index >= 15 is 0 Å². The predicted octanol–water partition coefficient (Wildman–Crippen LogP) is 25.4. The van der Waals surface area contributed by atoms with Gasteiger partial charge in [-0.3, -0.25) is 10.1 Å². The molecule has 1 aromatic rings. The van der Waals surface area contributed by atoms with Gasteiger partial charge in [-0.2, -0.15) is 4.31 Å². The Morgan fingerprint density at radius 3 is 0.872 bits per heavy atom. The van der Waals surface area contributed by atoms with Crippen LogP contribution >= 0.6 is 0 Å². The zero-order chi connectivity index (χ0) is 62.4. The maximum Gasteiger partial charge on any atom is 0.289 e. The van der Waals surface area contributed by atoms with Gasteiger partial charge in [0.2, 0.25) is 10.0 Å². The molecular weight excluding hydrogens is 1070 g/mol. The third kappa shape index (κ3) is 58.1. The highest BCUT2D eigenvalue weighted by molar-refractivity contribution is 7.89. The predicted molar refractivity (Wildman–Crippen MR) is 382 cm³/mol. The van der Waals surface area contributed by atoms with E-state index in [2.05, 4.69) is 130 Å². The zero-order valence-corrected chi connectivity index (χ0v) is 57.6. The second-order valence-electron chi connectivity index (χ2n) is 24.2. The third-order valence-electron chi connectivity index (χ3n) is 16.0. The third-order valence-corrected chi connectivity index (χ3v) is 18.0. The van der Waals surface area contributed by atoms with E-state index in [-0.39, 0.29) is 10.6 Å². The number of nitro groups is 1. The molecule has 0 atom stereocenters. The molecule has 0 amide bonds. The first-order valence-electron chi connectivity index (χ1n) is 36.5. The Bertz CT molecular complexity index is 1850. The molecule has 0 aliphatic heterocycles. The molecule has 0 spiro atoms. The highest BCUT2D eigenvalue weighted by Crippen LogP contribution is 2.27. The van der Waals surface area contributed by atoms with Crippen molar-refractivity contribution < 1.29 is 13.3 Å². The van der Waals surface area contributed by atoms with Crippen LogP contribution in [0.1, 0.15) is 336 Å². The van der Waals surface area contributed by atoms with Crippen LogP contribution in [0.15, 0.2) is 126 Å². The van der Waals surface area contributed by atoms with E-state index in [1.165, 1.54) is 254 Å². The molecule has 0 fully saturated rings. The fourth-order valence-electron chi connectivity index (χ4n) is 10.5. The number of para-hydroxylation sites is 1. The van der Waals surface area contributed by atoms with E-state index in [9.17, 15) is 18.5 Å². The molecule has 0 unspecified atom stereocenters. The summed E-state index contributed by atoms with van der Waals surface area (Å²) in [7, 11) is -3.95. The van der Waals surface area contributed by atoms with Crippen LogP contribution in [0.5, 0.6) is 0 Å². The number of rotatable bonds is 63. The highest BCUT2D eigenvalue weighted by atomic mass is 32.2. The van der Waals surface area contributed by atoms with Crippen LogP contribution < -0.4 is 5.32 Å². The fraction of sp³-hybridized carbons (Fsp3) is 0.718. The lowest BCUT2D eigenvalue weighted by atomic mass is 10.1. The number of nitrogens with one attached hydrogen (secondary N) is 1. The lowest BCUT2D eigenvalue weighted by Crippen LogP contribution is -2.33. The highest BCUT2D eigenvalue weighted by Gasteiger charge is 2.30. The van der Waals surface area contributed by atoms with Crippen molar-refractivity contribution in [2.24, 2.45) is 0 Å². The number of hydrogen-bond acceptors (Lipinski definition) is 5. The summed E-state index contributed by atoms with van der Waals surface area (Å²) < 4.78 is 28.8. The molecule has 0 aliphatic carbocycles. The Kier molecular flexibility index (Phi) is 66.0.